The highest BCUT2D eigenvalue weighted by Crippen LogP contribution is 2.22. The van der Waals surface area contributed by atoms with Crippen LogP contribution in [-0.4, -0.2) is 35.3 Å². The Hall–Kier alpha value is -0.740. The van der Waals surface area contributed by atoms with E-state index in [0.717, 1.165) is 24.1 Å². The average Bonchev–Trinajstić information content (AvgIpc) is 2.78. The van der Waals surface area contributed by atoms with Gasteiger partial charge in [0.15, 0.2) is 0 Å². The first-order valence-electron chi connectivity index (χ1n) is 6.44. The van der Waals surface area contributed by atoms with Crippen molar-refractivity contribution in [2.45, 2.75) is 45.1 Å². The van der Waals surface area contributed by atoms with Gasteiger partial charge < -0.3 is 9.69 Å². The number of piperidine rings is 1. The van der Waals surface area contributed by atoms with Crippen molar-refractivity contribution in [1.82, 2.24) is 9.88 Å². The summed E-state index contributed by atoms with van der Waals surface area (Å²) in [4.78, 5) is 18.5. The standard InChI is InChI=1S/C13H20N2OS/c1-2-15-7-4-3-5-11(15)9-13-14-10-12(17-13)6-8-16/h8,10-11H,2-7,9H2,1H3. The Morgan fingerprint density at radius 1 is 1.59 bits per heavy atom. The van der Waals surface area contributed by atoms with Crippen LogP contribution in [0.25, 0.3) is 0 Å². The van der Waals surface area contributed by atoms with Crippen LogP contribution in [0.5, 0.6) is 0 Å². The fourth-order valence-corrected chi connectivity index (χ4v) is 3.47. The van der Waals surface area contributed by atoms with Crippen LogP contribution in [0.2, 0.25) is 0 Å². The zero-order valence-electron chi connectivity index (χ0n) is 10.4. The molecule has 0 aliphatic carbocycles. The normalized spacial score (nSPS) is 21.6. The second kappa shape index (κ2) is 6.26. The van der Waals surface area contributed by atoms with Gasteiger partial charge in [-0.05, 0) is 25.9 Å². The molecule has 0 radical (unpaired) electrons. The molecule has 3 nitrogen and oxygen atoms in total. The third-order valence-electron chi connectivity index (χ3n) is 3.45. The molecule has 0 N–H and O–H groups in total. The van der Waals surface area contributed by atoms with Crippen molar-refractivity contribution in [3.8, 4) is 0 Å². The molecule has 1 aliphatic rings. The van der Waals surface area contributed by atoms with Gasteiger partial charge in [0.2, 0.25) is 0 Å². The van der Waals surface area contributed by atoms with Gasteiger partial charge in [0.25, 0.3) is 0 Å². The number of aldehydes is 1. The number of aromatic nitrogens is 1. The number of likely N-dealkylation sites (N-methyl/N-ethyl adjacent to an activating group) is 1. The molecule has 94 valence electrons. The topological polar surface area (TPSA) is 33.2 Å². The molecule has 1 fully saturated rings. The summed E-state index contributed by atoms with van der Waals surface area (Å²) in [6, 6.07) is 0.656. The maximum Gasteiger partial charge on any atom is 0.125 e. The molecule has 0 aromatic carbocycles. The molecule has 2 heterocycles. The van der Waals surface area contributed by atoms with Crippen molar-refractivity contribution in [3.05, 3.63) is 16.1 Å². The molecule has 4 heteroatoms. The first kappa shape index (κ1) is 12.7. The summed E-state index contributed by atoms with van der Waals surface area (Å²) in [6.07, 6.45) is 8.34. The van der Waals surface area contributed by atoms with Gasteiger partial charge in [-0.15, -0.1) is 11.3 Å². The molecule has 0 spiro atoms. The lowest BCUT2D eigenvalue weighted by atomic mass is 10.00. The van der Waals surface area contributed by atoms with Gasteiger partial charge in [-0.3, -0.25) is 0 Å². The fourth-order valence-electron chi connectivity index (χ4n) is 2.53. The highest BCUT2D eigenvalue weighted by molar-refractivity contribution is 7.11. The van der Waals surface area contributed by atoms with E-state index >= 15 is 0 Å². The molecular weight excluding hydrogens is 232 g/mol. The van der Waals surface area contributed by atoms with Gasteiger partial charge in [0.1, 0.15) is 6.29 Å². The Bertz CT molecular complexity index is 364. The monoisotopic (exact) mass is 252 g/mol. The molecule has 1 aliphatic heterocycles. The van der Waals surface area contributed by atoms with Crippen LogP contribution in [0, 0.1) is 0 Å². The van der Waals surface area contributed by atoms with Crippen molar-refractivity contribution in [1.29, 1.82) is 0 Å². The molecule has 2 rings (SSSR count). The van der Waals surface area contributed by atoms with E-state index in [1.807, 2.05) is 6.20 Å². The van der Waals surface area contributed by atoms with E-state index < -0.39 is 0 Å². The lowest BCUT2D eigenvalue weighted by molar-refractivity contribution is -0.107. The Labute approximate surface area is 107 Å². The van der Waals surface area contributed by atoms with Gasteiger partial charge in [0, 0.05) is 30.0 Å². The van der Waals surface area contributed by atoms with Crippen LogP contribution >= 0.6 is 11.3 Å². The van der Waals surface area contributed by atoms with Crippen LogP contribution in [0.15, 0.2) is 6.20 Å². The summed E-state index contributed by atoms with van der Waals surface area (Å²) in [7, 11) is 0. The smallest absolute Gasteiger partial charge is 0.125 e. The summed E-state index contributed by atoms with van der Waals surface area (Å²) >= 11 is 1.69. The molecule has 0 amide bonds. The van der Waals surface area contributed by atoms with E-state index in [2.05, 4.69) is 16.8 Å². The van der Waals surface area contributed by atoms with Gasteiger partial charge in [-0.1, -0.05) is 13.3 Å². The largest absolute Gasteiger partial charge is 0.303 e. The molecule has 1 aromatic rings. The molecule has 0 bridgehead atoms. The zero-order chi connectivity index (χ0) is 12.1. The lowest BCUT2D eigenvalue weighted by Crippen LogP contribution is -2.40. The molecule has 1 unspecified atom stereocenters. The van der Waals surface area contributed by atoms with Crippen LogP contribution in [-0.2, 0) is 17.6 Å². The van der Waals surface area contributed by atoms with Crippen LogP contribution in [0.4, 0.5) is 0 Å². The van der Waals surface area contributed by atoms with E-state index in [9.17, 15) is 4.79 Å². The van der Waals surface area contributed by atoms with E-state index in [1.54, 1.807) is 11.3 Å². The maximum absolute atomic E-state index is 10.4. The van der Waals surface area contributed by atoms with Gasteiger partial charge in [-0.2, -0.15) is 0 Å². The van der Waals surface area contributed by atoms with Gasteiger partial charge in [0.05, 0.1) is 5.01 Å². The molecule has 17 heavy (non-hydrogen) atoms. The summed E-state index contributed by atoms with van der Waals surface area (Å²) in [5.41, 5.74) is 0. The van der Waals surface area contributed by atoms with Crippen molar-refractivity contribution >= 4 is 17.6 Å². The summed E-state index contributed by atoms with van der Waals surface area (Å²) < 4.78 is 0. The minimum atomic E-state index is 0.514. The lowest BCUT2D eigenvalue weighted by Gasteiger charge is -2.34. The molecular formula is C13H20N2OS. The van der Waals surface area contributed by atoms with Crippen LogP contribution in [0.1, 0.15) is 36.1 Å². The zero-order valence-corrected chi connectivity index (χ0v) is 11.2. The van der Waals surface area contributed by atoms with Crippen LogP contribution in [0.3, 0.4) is 0 Å². The number of likely N-dealkylation sites (tertiary alicyclic amines) is 1. The number of hydrogen-bond acceptors (Lipinski definition) is 4. The summed E-state index contributed by atoms with van der Waals surface area (Å²) in [5.74, 6) is 0. The second-order valence-electron chi connectivity index (χ2n) is 4.57. The summed E-state index contributed by atoms with van der Waals surface area (Å²) in [6.45, 7) is 4.60. The third-order valence-corrected chi connectivity index (χ3v) is 4.49. The van der Waals surface area contributed by atoms with Crippen molar-refractivity contribution in [2.75, 3.05) is 13.1 Å². The quantitative estimate of drug-likeness (QED) is 0.754. The Kier molecular flexibility index (Phi) is 4.68. The number of rotatable bonds is 5. The number of carbonyl (C=O) groups is 1. The predicted octanol–water partition coefficient (Wildman–Crippen LogP) is 2.30. The Balaban J connectivity index is 1.95. The van der Waals surface area contributed by atoms with Crippen molar-refractivity contribution in [3.63, 3.8) is 0 Å². The fraction of sp³-hybridized carbons (Fsp3) is 0.692. The highest BCUT2D eigenvalue weighted by Gasteiger charge is 2.22. The van der Waals surface area contributed by atoms with Crippen molar-refractivity contribution < 1.29 is 4.79 Å². The predicted molar refractivity (Wildman–Crippen MR) is 70.5 cm³/mol. The Morgan fingerprint density at radius 3 is 3.24 bits per heavy atom. The second-order valence-corrected chi connectivity index (χ2v) is 5.77. The molecule has 1 atom stereocenters. The van der Waals surface area contributed by atoms with Crippen molar-refractivity contribution in [2.24, 2.45) is 0 Å². The third kappa shape index (κ3) is 3.36. The first-order chi connectivity index (χ1) is 8.33. The Morgan fingerprint density at radius 2 is 2.47 bits per heavy atom. The highest BCUT2D eigenvalue weighted by atomic mass is 32.1. The number of nitrogens with zero attached hydrogens (tertiary/aromatic N) is 2. The molecule has 0 saturated carbocycles. The van der Waals surface area contributed by atoms with E-state index in [1.165, 1.54) is 30.8 Å². The minimum Gasteiger partial charge on any atom is -0.303 e. The van der Waals surface area contributed by atoms with Crippen LogP contribution < -0.4 is 0 Å². The van der Waals surface area contributed by atoms with E-state index in [4.69, 9.17) is 0 Å². The number of hydrogen-bond donors (Lipinski definition) is 0. The van der Waals surface area contributed by atoms with E-state index in [-0.39, 0.29) is 0 Å². The molecule has 1 saturated heterocycles. The number of carbonyl (C=O) groups excluding carboxylic acids is 1. The first-order valence-corrected chi connectivity index (χ1v) is 7.26. The van der Waals surface area contributed by atoms with Gasteiger partial charge >= 0.3 is 0 Å². The maximum atomic E-state index is 10.4. The minimum absolute atomic E-state index is 0.514. The molecule has 1 aromatic heterocycles. The van der Waals surface area contributed by atoms with Gasteiger partial charge in [-0.25, -0.2) is 4.98 Å². The SMILES string of the molecule is CCN1CCCCC1Cc1ncc(CC=O)s1. The average molecular weight is 252 g/mol. The summed E-state index contributed by atoms with van der Waals surface area (Å²) in [5, 5.41) is 1.19. The van der Waals surface area contributed by atoms with E-state index in [0.29, 0.717) is 12.5 Å². The number of thiazole rings is 1.